The molecule has 4 aromatic rings. The van der Waals surface area contributed by atoms with Crippen molar-refractivity contribution in [2.45, 2.75) is 31.8 Å². The summed E-state index contributed by atoms with van der Waals surface area (Å²) in [5.41, 5.74) is 5.02. The number of H-pyrrole nitrogens is 1. The number of hydrogen-bond acceptors (Lipinski definition) is 6. The Balaban J connectivity index is 1.18. The molecule has 2 aromatic heterocycles. The molecule has 0 spiro atoms. The Morgan fingerprint density at radius 2 is 2.00 bits per heavy atom. The molecule has 4 N–H and O–H groups in total. The van der Waals surface area contributed by atoms with Crippen LogP contribution in [0, 0.1) is 0 Å². The lowest BCUT2D eigenvalue weighted by atomic mass is 9.87. The molecular weight excluding hydrogens is 472 g/mol. The van der Waals surface area contributed by atoms with Crippen LogP contribution in [0.2, 0.25) is 0 Å². The predicted molar refractivity (Wildman–Crippen MR) is 135 cm³/mol. The Morgan fingerprint density at radius 3 is 2.92 bits per heavy atom. The molecule has 3 heterocycles. The van der Waals surface area contributed by atoms with Crippen molar-refractivity contribution in [2.24, 2.45) is 0 Å². The van der Waals surface area contributed by atoms with Gasteiger partial charge in [-0.3, -0.25) is 14.4 Å². The SMILES string of the molecule is O=C1COc2ccc(CNC(=O)c3ncnc4c(C(=O)N[C@H]5CCCc6ccccc65)c[nH]c34)cc2N1. The number of nitrogens with one attached hydrogen (secondary N) is 4. The highest BCUT2D eigenvalue weighted by Gasteiger charge is 2.25. The summed E-state index contributed by atoms with van der Waals surface area (Å²) in [6.07, 6.45) is 5.73. The Labute approximate surface area is 211 Å². The van der Waals surface area contributed by atoms with Gasteiger partial charge in [-0.25, -0.2) is 9.97 Å². The number of fused-ring (bicyclic) bond motifs is 3. The third kappa shape index (κ3) is 4.37. The predicted octanol–water partition coefficient (Wildman–Crippen LogP) is 3.03. The van der Waals surface area contributed by atoms with Gasteiger partial charge in [-0.1, -0.05) is 30.3 Å². The van der Waals surface area contributed by atoms with Crippen LogP contribution < -0.4 is 20.7 Å². The summed E-state index contributed by atoms with van der Waals surface area (Å²) in [4.78, 5) is 49.2. The first-order valence-electron chi connectivity index (χ1n) is 12.1. The maximum atomic E-state index is 13.2. The standard InChI is InChI=1S/C27H24N6O4/c34-22-13-37-21-9-8-15(10-20(21)32-22)11-29-27(36)25-24-23(30-14-31-25)18(12-28-24)26(35)33-19-7-3-5-16-4-1-2-6-17(16)19/h1-2,4,6,8-10,12,14,19,28H,3,5,7,11,13H2,(H,29,36)(H,32,34)(H,33,35)/t19-/m0/s1. The van der Waals surface area contributed by atoms with Crippen LogP contribution in [0.3, 0.4) is 0 Å². The van der Waals surface area contributed by atoms with Gasteiger partial charge in [0.05, 0.1) is 22.8 Å². The van der Waals surface area contributed by atoms with Gasteiger partial charge in [0.1, 0.15) is 17.6 Å². The molecule has 0 unspecified atom stereocenters. The van der Waals surface area contributed by atoms with E-state index in [0.717, 1.165) is 30.4 Å². The van der Waals surface area contributed by atoms with Crippen LogP contribution in [-0.4, -0.2) is 39.3 Å². The second-order valence-corrected chi connectivity index (χ2v) is 9.12. The van der Waals surface area contributed by atoms with E-state index in [2.05, 4.69) is 43.0 Å². The number of aromatic nitrogens is 3. The molecular formula is C27H24N6O4. The van der Waals surface area contributed by atoms with Crippen molar-refractivity contribution in [2.75, 3.05) is 11.9 Å². The number of rotatable bonds is 5. The fraction of sp³-hybridized carbons (Fsp3) is 0.222. The average Bonchev–Trinajstić information content (AvgIpc) is 3.36. The van der Waals surface area contributed by atoms with Crippen molar-refractivity contribution >= 4 is 34.4 Å². The monoisotopic (exact) mass is 496 g/mol. The minimum Gasteiger partial charge on any atom is -0.482 e. The first-order valence-corrected chi connectivity index (χ1v) is 12.1. The zero-order chi connectivity index (χ0) is 25.4. The molecule has 186 valence electrons. The highest BCUT2D eigenvalue weighted by Crippen LogP contribution is 2.31. The van der Waals surface area contributed by atoms with E-state index in [1.165, 1.54) is 11.9 Å². The lowest BCUT2D eigenvalue weighted by molar-refractivity contribution is -0.118. The zero-order valence-corrected chi connectivity index (χ0v) is 19.8. The van der Waals surface area contributed by atoms with Gasteiger partial charge >= 0.3 is 0 Å². The van der Waals surface area contributed by atoms with E-state index in [4.69, 9.17) is 4.74 Å². The van der Waals surface area contributed by atoms with Crippen molar-refractivity contribution in [3.63, 3.8) is 0 Å². The summed E-state index contributed by atoms with van der Waals surface area (Å²) in [7, 11) is 0. The molecule has 1 aliphatic carbocycles. The summed E-state index contributed by atoms with van der Waals surface area (Å²) in [5.74, 6) is -0.311. The van der Waals surface area contributed by atoms with Gasteiger partial charge in [0.2, 0.25) is 0 Å². The van der Waals surface area contributed by atoms with E-state index >= 15 is 0 Å². The maximum Gasteiger partial charge on any atom is 0.272 e. The second-order valence-electron chi connectivity index (χ2n) is 9.12. The minimum absolute atomic E-state index is 0.0170. The van der Waals surface area contributed by atoms with Crippen LogP contribution >= 0.6 is 0 Å². The number of ether oxygens (including phenoxy) is 1. The minimum atomic E-state index is -0.416. The number of amides is 3. The van der Waals surface area contributed by atoms with Crippen molar-refractivity contribution in [1.29, 1.82) is 0 Å². The average molecular weight is 497 g/mol. The number of aromatic amines is 1. The van der Waals surface area contributed by atoms with Crippen LogP contribution in [0.25, 0.3) is 11.0 Å². The molecule has 0 radical (unpaired) electrons. The number of aryl methyl sites for hydroxylation is 1. The number of hydrogen-bond donors (Lipinski definition) is 4. The molecule has 2 aromatic carbocycles. The fourth-order valence-electron chi connectivity index (χ4n) is 4.93. The molecule has 0 saturated carbocycles. The zero-order valence-electron chi connectivity index (χ0n) is 19.8. The van der Waals surface area contributed by atoms with Crippen LogP contribution in [0.1, 0.15) is 56.4 Å². The van der Waals surface area contributed by atoms with Gasteiger partial charge in [0, 0.05) is 12.7 Å². The van der Waals surface area contributed by atoms with E-state index < -0.39 is 5.91 Å². The maximum absolute atomic E-state index is 13.2. The summed E-state index contributed by atoms with van der Waals surface area (Å²) >= 11 is 0. The van der Waals surface area contributed by atoms with Crippen molar-refractivity contribution in [3.05, 3.63) is 82.9 Å². The Kier molecular flexibility index (Phi) is 5.76. The fourth-order valence-corrected chi connectivity index (χ4v) is 4.93. The lowest BCUT2D eigenvalue weighted by Gasteiger charge is -2.26. The number of carbonyl (C=O) groups excluding carboxylic acids is 3. The van der Waals surface area contributed by atoms with Crippen molar-refractivity contribution < 1.29 is 19.1 Å². The molecule has 1 aliphatic heterocycles. The highest BCUT2D eigenvalue weighted by molar-refractivity contribution is 6.10. The summed E-state index contributed by atoms with van der Waals surface area (Å²) in [6.45, 7) is 0.194. The topological polar surface area (TPSA) is 138 Å². The molecule has 0 fully saturated rings. The molecule has 2 aliphatic rings. The number of nitrogens with zero attached hydrogens (tertiary/aromatic N) is 2. The lowest BCUT2D eigenvalue weighted by Crippen LogP contribution is -2.31. The second kappa shape index (κ2) is 9.38. The number of anilines is 1. The van der Waals surface area contributed by atoms with E-state index in [9.17, 15) is 14.4 Å². The summed E-state index contributed by atoms with van der Waals surface area (Å²) in [6, 6.07) is 13.4. The molecule has 10 heteroatoms. The quantitative estimate of drug-likeness (QED) is 0.335. The van der Waals surface area contributed by atoms with Crippen molar-refractivity contribution in [3.8, 4) is 5.75 Å². The first kappa shape index (κ1) is 22.7. The van der Waals surface area contributed by atoms with Gasteiger partial charge in [-0.05, 0) is 48.1 Å². The van der Waals surface area contributed by atoms with Crippen molar-refractivity contribution in [1.82, 2.24) is 25.6 Å². The normalized spacial score (nSPS) is 16.2. The number of carbonyl (C=O) groups is 3. The van der Waals surface area contributed by atoms with E-state index in [-0.39, 0.29) is 36.7 Å². The van der Waals surface area contributed by atoms with E-state index in [0.29, 0.717) is 28.0 Å². The molecule has 3 amide bonds. The van der Waals surface area contributed by atoms with Gasteiger partial charge < -0.3 is 25.7 Å². The molecule has 37 heavy (non-hydrogen) atoms. The van der Waals surface area contributed by atoms with Gasteiger partial charge in [-0.2, -0.15) is 0 Å². The van der Waals surface area contributed by atoms with Gasteiger partial charge in [0.25, 0.3) is 17.7 Å². The van der Waals surface area contributed by atoms with E-state index in [1.807, 2.05) is 18.2 Å². The van der Waals surface area contributed by atoms with Gasteiger partial charge in [-0.15, -0.1) is 0 Å². The first-order chi connectivity index (χ1) is 18.1. The van der Waals surface area contributed by atoms with Crippen LogP contribution in [-0.2, 0) is 17.8 Å². The molecule has 10 nitrogen and oxygen atoms in total. The number of benzene rings is 2. The van der Waals surface area contributed by atoms with E-state index in [1.54, 1.807) is 18.3 Å². The van der Waals surface area contributed by atoms with Crippen LogP contribution in [0.5, 0.6) is 5.75 Å². The van der Waals surface area contributed by atoms with Crippen LogP contribution in [0.4, 0.5) is 5.69 Å². The van der Waals surface area contributed by atoms with Crippen LogP contribution in [0.15, 0.2) is 55.0 Å². The molecule has 1 atom stereocenters. The third-order valence-electron chi connectivity index (χ3n) is 6.73. The molecule has 6 rings (SSSR count). The molecule has 0 bridgehead atoms. The molecule has 0 saturated heterocycles. The Hall–Kier alpha value is -4.73. The Bertz CT molecular complexity index is 1550. The van der Waals surface area contributed by atoms with Gasteiger partial charge in [0.15, 0.2) is 12.3 Å². The highest BCUT2D eigenvalue weighted by atomic mass is 16.5. The smallest absolute Gasteiger partial charge is 0.272 e. The summed E-state index contributed by atoms with van der Waals surface area (Å²) < 4.78 is 5.37. The Morgan fingerprint density at radius 1 is 1.11 bits per heavy atom. The summed E-state index contributed by atoms with van der Waals surface area (Å²) in [5, 5.41) is 8.72. The largest absolute Gasteiger partial charge is 0.482 e. The third-order valence-corrected chi connectivity index (χ3v) is 6.73.